The van der Waals surface area contributed by atoms with Crippen LogP contribution in [0.25, 0.3) is 5.69 Å². The van der Waals surface area contributed by atoms with E-state index in [1.165, 1.54) is 37.8 Å². The first kappa shape index (κ1) is 12.0. The van der Waals surface area contributed by atoms with E-state index >= 15 is 0 Å². The fourth-order valence-corrected chi connectivity index (χ4v) is 3.60. The van der Waals surface area contributed by atoms with Gasteiger partial charge in [-0.05, 0) is 43.0 Å². The van der Waals surface area contributed by atoms with Gasteiger partial charge in [-0.25, -0.2) is 10.4 Å². The standard InChI is InChI=1S/C16H20N4/c1-2-6-12(7-3-1)15-13-9-5-11-20(13)14-8-4-10-17-16(14)19-18-15/h4-5,8-12,15,18H,1-3,6-7H2,(H,17,19). The third-order valence-electron chi connectivity index (χ3n) is 4.61. The number of nitrogens with zero attached hydrogens (tertiary/aromatic N) is 2. The largest absolute Gasteiger partial charge is 0.316 e. The molecule has 1 aliphatic heterocycles. The van der Waals surface area contributed by atoms with Gasteiger partial charge in [0.15, 0.2) is 5.82 Å². The highest BCUT2D eigenvalue weighted by Crippen LogP contribution is 2.37. The molecule has 2 aromatic heterocycles. The van der Waals surface area contributed by atoms with E-state index in [-0.39, 0.29) is 0 Å². The van der Waals surface area contributed by atoms with Crippen LogP contribution in [0.4, 0.5) is 5.82 Å². The lowest BCUT2D eigenvalue weighted by atomic mass is 9.83. The number of hydrogen-bond acceptors (Lipinski definition) is 3. The second kappa shape index (κ2) is 4.94. The molecule has 1 saturated carbocycles. The van der Waals surface area contributed by atoms with E-state index in [1.807, 2.05) is 12.3 Å². The van der Waals surface area contributed by atoms with Gasteiger partial charge in [0.1, 0.15) is 0 Å². The molecule has 3 heterocycles. The summed E-state index contributed by atoms with van der Waals surface area (Å²) in [6.45, 7) is 0. The van der Waals surface area contributed by atoms with Gasteiger partial charge in [0.25, 0.3) is 0 Å². The monoisotopic (exact) mass is 268 g/mol. The van der Waals surface area contributed by atoms with E-state index < -0.39 is 0 Å². The smallest absolute Gasteiger partial charge is 0.164 e. The van der Waals surface area contributed by atoms with Gasteiger partial charge in [-0.1, -0.05) is 19.3 Å². The van der Waals surface area contributed by atoms with E-state index in [1.54, 1.807) is 0 Å². The number of hydrazine groups is 1. The lowest BCUT2D eigenvalue weighted by Gasteiger charge is -2.30. The molecule has 0 radical (unpaired) electrons. The number of rotatable bonds is 1. The zero-order chi connectivity index (χ0) is 13.4. The Morgan fingerprint density at radius 1 is 1.10 bits per heavy atom. The van der Waals surface area contributed by atoms with Crippen molar-refractivity contribution in [1.82, 2.24) is 15.0 Å². The molecule has 2 N–H and O–H groups in total. The van der Waals surface area contributed by atoms with Crippen LogP contribution in [-0.4, -0.2) is 9.55 Å². The van der Waals surface area contributed by atoms with E-state index in [0.29, 0.717) is 12.0 Å². The third kappa shape index (κ3) is 1.91. The molecule has 0 amide bonds. The summed E-state index contributed by atoms with van der Waals surface area (Å²) in [5.41, 5.74) is 9.31. The first-order valence-electron chi connectivity index (χ1n) is 7.58. The molecule has 1 fully saturated rings. The van der Waals surface area contributed by atoms with Crippen LogP contribution in [0.3, 0.4) is 0 Å². The van der Waals surface area contributed by atoms with Crippen LogP contribution in [-0.2, 0) is 0 Å². The fraction of sp³-hybridized carbons (Fsp3) is 0.438. The van der Waals surface area contributed by atoms with Gasteiger partial charge in [0.2, 0.25) is 0 Å². The first-order chi connectivity index (χ1) is 9.93. The van der Waals surface area contributed by atoms with Crippen LogP contribution < -0.4 is 10.9 Å². The molecule has 0 spiro atoms. The molecule has 1 aliphatic carbocycles. The van der Waals surface area contributed by atoms with Crippen molar-refractivity contribution >= 4 is 5.82 Å². The molecule has 0 aromatic carbocycles. The Morgan fingerprint density at radius 3 is 2.90 bits per heavy atom. The summed E-state index contributed by atoms with van der Waals surface area (Å²) in [7, 11) is 0. The molecule has 0 saturated heterocycles. The van der Waals surface area contributed by atoms with E-state index in [9.17, 15) is 0 Å². The minimum Gasteiger partial charge on any atom is -0.316 e. The highest BCUT2D eigenvalue weighted by atomic mass is 15.4. The molecular weight excluding hydrogens is 248 g/mol. The van der Waals surface area contributed by atoms with E-state index in [2.05, 4.69) is 44.8 Å². The highest BCUT2D eigenvalue weighted by Gasteiger charge is 2.29. The molecule has 1 unspecified atom stereocenters. The molecule has 0 bridgehead atoms. The van der Waals surface area contributed by atoms with Crippen molar-refractivity contribution in [3.63, 3.8) is 0 Å². The Balaban J connectivity index is 1.75. The lowest BCUT2D eigenvalue weighted by molar-refractivity contribution is 0.277. The van der Waals surface area contributed by atoms with Gasteiger partial charge in [-0.2, -0.15) is 0 Å². The third-order valence-corrected chi connectivity index (χ3v) is 4.61. The van der Waals surface area contributed by atoms with Gasteiger partial charge in [0, 0.05) is 18.1 Å². The van der Waals surface area contributed by atoms with E-state index in [4.69, 9.17) is 0 Å². The Morgan fingerprint density at radius 2 is 2.00 bits per heavy atom. The average Bonchev–Trinajstić information content (AvgIpc) is 2.93. The Kier molecular flexibility index (Phi) is 2.96. The van der Waals surface area contributed by atoms with Crippen LogP contribution in [0.15, 0.2) is 36.7 Å². The summed E-state index contributed by atoms with van der Waals surface area (Å²) in [6, 6.07) is 8.83. The minimum atomic E-state index is 0.361. The van der Waals surface area contributed by atoms with Crippen LogP contribution >= 0.6 is 0 Å². The normalized spacial score (nSPS) is 22.5. The predicted octanol–water partition coefficient (Wildman–Crippen LogP) is 3.42. The van der Waals surface area contributed by atoms with E-state index in [0.717, 1.165) is 11.5 Å². The molecule has 4 nitrogen and oxygen atoms in total. The molecule has 2 aromatic rings. The molecule has 1 atom stereocenters. The fourth-order valence-electron chi connectivity index (χ4n) is 3.60. The van der Waals surface area contributed by atoms with Crippen LogP contribution in [0.5, 0.6) is 0 Å². The minimum absolute atomic E-state index is 0.361. The molecule has 104 valence electrons. The molecular formula is C16H20N4. The van der Waals surface area contributed by atoms with Crippen molar-refractivity contribution in [1.29, 1.82) is 0 Å². The summed E-state index contributed by atoms with van der Waals surface area (Å²) in [6.07, 6.45) is 10.7. The maximum atomic E-state index is 4.44. The molecule has 20 heavy (non-hydrogen) atoms. The van der Waals surface area contributed by atoms with Gasteiger partial charge >= 0.3 is 0 Å². The Hall–Kier alpha value is -1.81. The van der Waals surface area contributed by atoms with Crippen molar-refractivity contribution < 1.29 is 0 Å². The highest BCUT2D eigenvalue weighted by molar-refractivity contribution is 5.57. The van der Waals surface area contributed by atoms with Crippen molar-refractivity contribution in [2.45, 2.75) is 38.1 Å². The second-order valence-corrected chi connectivity index (χ2v) is 5.82. The van der Waals surface area contributed by atoms with Gasteiger partial charge in [-0.3, -0.25) is 0 Å². The summed E-state index contributed by atoms with van der Waals surface area (Å²) in [4.78, 5) is 4.44. The zero-order valence-corrected chi connectivity index (χ0v) is 11.5. The molecule has 4 heteroatoms. The Labute approximate surface area is 119 Å². The summed E-state index contributed by atoms with van der Waals surface area (Å²) >= 11 is 0. The number of nitrogens with one attached hydrogen (secondary N) is 2. The molecule has 4 rings (SSSR count). The number of aromatic nitrogens is 2. The Bertz CT molecular complexity index is 598. The zero-order valence-electron chi connectivity index (χ0n) is 11.5. The predicted molar refractivity (Wildman–Crippen MR) is 79.6 cm³/mol. The topological polar surface area (TPSA) is 41.9 Å². The summed E-state index contributed by atoms with van der Waals surface area (Å²) < 4.78 is 2.27. The quantitative estimate of drug-likeness (QED) is 0.832. The SMILES string of the molecule is c1cnc2c(c1)-n1cccc1C(C1CCCCC1)NN2. The van der Waals surface area contributed by atoms with Crippen molar-refractivity contribution in [2.75, 3.05) is 5.43 Å². The van der Waals surface area contributed by atoms with Crippen LogP contribution in [0.1, 0.15) is 43.8 Å². The van der Waals surface area contributed by atoms with Crippen LogP contribution in [0.2, 0.25) is 0 Å². The number of pyridine rings is 1. The second-order valence-electron chi connectivity index (χ2n) is 5.82. The summed E-state index contributed by atoms with van der Waals surface area (Å²) in [5, 5.41) is 0. The van der Waals surface area contributed by atoms with Crippen molar-refractivity contribution in [2.24, 2.45) is 5.92 Å². The first-order valence-corrected chi connectivity index (χ1v) is 7.58. The van der Waals surface area contributed by atoms with Gasteiger partial charge in [-0.15, -0.1) is 0 Å². The maximum Gasteiger partial charge on any atom is 0.164 e. The van der Waals surface area contributed by atoms with Crippen molar-refractivity contribution in [3.05, 3.63) is 42.4 Å². The molecule has 2 aliphatic rings. The maximum absolute atomic E-state index is 4.44. The van der Waals surface area contributed by atoms with Crippen molar-refractivity contribution in [3.8, 4) is 5.69 Å². The number of fused-ring (bicyclic) bond motifs is 3. The number of anilines is 1. The lowest BCUT2D eigenvalue weighted by Crippen LogP contribution is -2.33. The average molecular weight is 268 g/mol. The summed E-state index contributed by atoms with van der Waals surface area (Å²) in [5.74, 6) is 1.61. The number of hydrogen-bond donors (Lipinski definition) is 2. The van der Waals surface area contributed by atoms with Gasteiger partial charge in [0.05, 0.1) is 11.7 Å². The van der Waals surface area contributed by atoms with Gasteiger partial charge < -0.3 is 9.99 Å². The van der Waals surface area contributed by atoms with Crippen LogP contribution in [0, 0.1) is 5.92 Å².